The Balaban J connectivity index is 1.98. The first-order chi connectivity index (χ1) is 10.1. The van der Waals surface area contributed by atoms with E-state index in [4.69, 9.17) is 14.6 Å². The molecule has 0 aromatic carbocycles. The van der Waals surface area contributed by atoms with Crippen molar-refractivity contribution in [1.29, 1.82) is 0 Å². The molecule has 0 unspecified atom stereocenters. The number of amides is 1. The van der Waals surface area contributed by atoms with Crippen LogP contribution in [0, 0.1) is 0 Å². The Kier molecular flexibility index (Phi) is 5.72. The summed E-state index contributed by atoms with van der Waals surface area (Å²) in [5.74, 6) is -1.17. The molecule has 0 aliphatic carbocycles. The number of methoxy groups -OCH3 is 1. The van der Waals surface area contributed by atoms with Gasteiger partial charge in [0.2, 0.25) is 0 Å². The highest BCUT2D eigenvalue weighted by Gasteiger charge is 2.36. The molecule has 116 valence electrons. The van der Waals surface area contributed by atoms with E-state index in [1.807, 2.05) is 17.5 Å². The quantitative estimate of drug-likeness (QED) is 0.822. The summed E-state index contributed by atoms with van der Waals surface area (Å²) in [6.07, 6.45) is -0.708. The van der Waals surface area contributed by atoms with Crippen LogP contribution in [0.15, 0.2) is 17.5 Å². The number of hydrogen-bond acceptors (Lipinski definition) is 5. The molecular weight excluding hydrogens is 294 g/mol. The number of thiophene rings is 1. The van der Waals surface area contributed by atoms with Gasteiger partial charge in [-0.1, -0.05) is 6.07 Å². The summed E-state index contributed by atoms with van der Waals surface area (Å²) in [5, 5.41) is 10.9. The maximum absolute atomic E-state index is 12.5. The van der Waals surface area contributed by atoms with Crippen molar-refractivity contribution in [2.45, 2.75) is 31.6 Å². The number of carbonyl (C=O) groups excluding carboxylic acids is 1. The van der Waals surface area contributed by atoms with E-state index in [0.29, 0.717) is 32.5 Å². The van der Waals surface area contributed by atoms with Crippen LogP contribution in [-0.2, 0) is 25.6 Å². The molecule has 1 N–H and O–H groups in total. The molecule has 7 heteroatoms. The Bertz CT molecular complexity index is 476. The number of hydrogen-bond donors (Lipinski definition) is 1. The molecule has 2 rings (SSSR count). The lowest BCUT2D eigenvalue weighted by Gasteiger charge is -2.24. The lowest BCUT2D eigenvalue weighted by molar-refractivity contribution is -0.155. The summed E-state index contributed by atoms with van der Waals surface area (Å²) < 4.78 is 10.4. The van der Waals surface area contributed by atoms with Gasteiger partial charge in [0.05, 0.1) is 13.2 Å². The normalized spacial score (nSPS) is 21.4. The summed E-state index contributed by atoms with van der Waals surface area (Å²) in [6.45, 7) is 1.40. The van der Waals surface area contributed by atoms with E-state index in [2.05, 4.69) is 0 Å². The van der Waals surface area contributed by atoms with Crippen LogP contribution in [0.4, 0.5) is 0 Å². The predicted octanol–water partition coefficient (Wildman–Crippen LogP) is 1.36. The molecule has 1 amide bonds. The van der Waals surface area contributed by atoms with Crippen molar-refractivity contribution in [2.75, 3.05) is 20.3 Å². The van der Waals surface area contributed by atoms with Crippen molar-refractivity contribution in [3.63, 3.8) is 0 Å². The zero-order valence-corrected chi connectivity index (χ0v) is 12.7. The van der Waals surface area contributed by atoms with E-state index in [9.17, 15) is 9.59 Å². The average molecular weight is 313 g/mol. The molecule has 2 heterocycles. The van der Waals surface area contributed by atoms with Crippen LogP contribution < -0.4 is 0 Å². The van der Waals surface area contributed by atoms with Gasteiger partial charge in [-0.3, -0.25) is 4.79 Å². The second kappa shape index (κ2) is 7.53. The first-order valence-corrected chi connectivity index (χ1v) is 7.68. The molecule has 1 aromatic heterocycles. The third-order valence-corrected chi connectivity index (χ3v) is 4.24. The summed E-state index contributed by atoms with van der Waals surface area (Å²) in [4.78, 5) is 26.1. The highest BCUT2D eigenvalue weighted by atomic mass is 32.1. The van der Waals surface area contributed by atoms with Gasteiger partial charge in [0.25, 0.3) is 5.91 Å². The minimum absolute atomic E-state index is 0.163. The van der Waals surface area contributed by atoms with Gasteiger partial charge in [-0.25, -0.2) is 4.79 Å². The van der Waals surface area contributed by atoms with Gasteiger partial charge in [-0.05, 0) is 24.3 Å². The van der Waals surface area contributed by atoms with Gasteiger partial charge in [0.15, 0.2) is 6.10 Å². The Morgan fingerprint density at radius 1 is 1.48 bits per heavy atom. The van der Waals surface area contributed by atoms with Crippen molar-refractivity contribution in [3.8, 4) is 0 Å². The average Bonchev–Trinajstić information content (AvgIpc) is 3.13. The van der Waals surface area contributed by atoms with E-state index < -0.39 is 18.2 Å². The number of rotatable bonds is 7. The first-order valence-electron chi connectivity index (χ1n) is 6.80. The van der Waals surface area contributed by atoms with Crippen LogP contribution in [-0.4, -0.2) is 54.4 Å². The molecule has 1 saturated heterocycles. The lowest BCUT2D eigenvalue weighted by Crippen LogP contribution is -2.40. The van der Waals surface area contributed by atoms with Crippen LogP contribution in [0.1, 0.15) is 17.7 Å². The molecule has 1 aliphatic rings. The molecule has 0 bridgehead atoms. The number of nitrogens with zero attached hydrogens (tertiary/aromatic N) is 1. The monoisotopic (exact) mass is 313 g/mol. The molecule has 0 radical (unpaired) electrons. The summed E-state index contributed by atoms with van der Waals surface area (Å²) in [5.41, 5.74) is 0. The molecule has 21 heavy (non-hydrogen) atoms. The lowest BCUT2D eigenvalue weighted by atomic mass is 10.2. The molecule has 1 aromatic rings. The summed E-state index contributed by atoms with van der Waals surface area (Å²) in [7, 11) is 1.58. The van der Waals surface area contributed by atoms with E-state index in [1.165, 1.54) is 0 Å². The molecule has 0 saturated carbocycles. The van der Waals surface area contributed by atoms with Gasteiger partial charge >= 0.3 is 5.97 Å². The number of carbonyl (C=O) groups is 2. The number of ether oxygens (including phenoxy) is 2. The molecular formula is C14H19NO5S. The Morgan fingerprint density at radius 3 is 2.81 bits per heavy atom. The van der Waals surface area contributed by atoms with E-state index in [-0.39, 0.29) is 5.91 Å². The van der Waals surface area contributed by atoms with Gasteiger partial charge in [-0.15, -0.1) is 11.3 Å². The number of carboxylic acids is 1. The fraction of sp³-hybridized carbons (Fsp3) is 0.571. The van der Waals surface area contributed by atoms with Crippen molar-refractivity contribution in [3.05, 3.63) is 22.4 Å². The topological polar surface area (TPSA) is 76.1 Å². The SMILES string of the molecule is COCCN(Cc1cccs1)C(=O)[C@@H]1CC[C@H](C(=O)O)O1. The van der Waals surface area contributed by atoms with Crippen LogP contribution in [0.2, 0.25) is 0 Å². The van der Waals surface area contributed by atoms with E-state index >= 15 is 0 Å². The molecule has 2 atom stereocenters. The third-order valence-electron chi connectivity index (χ3n) is 3.37. The highest BCUT2D eigenvalue weighted by Crippen LogP contribution is 2.23. The molecule has 1 aliphatic heterocycles. The minimum atomic E-state index is -1.01. The highest BCUT2D eigenvalue weighted by molar-refractivity contribution is 7.09. The standard InChI is InChI=1S/C14H19NO5S/c1-19-7-6-15(9-10-3-2-8-21-10)13(16)11-4-5-12(20-11)14(17)18/h2-3,8,11-12H,4-7,9H2,1H3,(H,17,18)/t11-,12+/m0/s1. The fourth-order valence-electron chi connectivity index (χ4n) is 2.26. The second-order valence-electron chi connectivity index (χ2n) is 4.86. The van der Waals surface area contributed by atoms with Gasteiger partial charge in [0, 0.05) is 18.5 Å². The van der Waals surface area contributed by atoms with Gasteiger partial charge < -0.3 is 19.5 Å². The minimum Gasteiger partial charge on any atom is -0.479 e. The maximum atomic E-state index is 12.5. The summed E-state index contributed by atoms with van der Waals surface area (Å²) in [6, 6.07) is 3.90. The van der Waals surface area contributed by atoms with Crippen molar-refractivity contribution >= 4 is 23.2 Å². The third kappa shape index (κ3) is 4.26. The van der Waals surface area contributed by atoms with Gasteiger partial charge in [-0.2, -0.15) is 0 Å². The van der Waals surface area contributed by atoms with Crippen molar-refractivity contribution in [2.24, 2.45) is 0 Å². The van der Waals surface area contributed by atoms with Gasteiger partial charge in [0.1, 0.15) is 6.10 Å². The van der Waals surface area contributed by atoms with Crippen LogP contribution in [0.25, 0.3) is 0 Å². The first kappa shape index (κ1) is 15.9. The fourth-order valence-corrected chi connectivity index (χ4v) is 2.98. The van der Waals surface area contributed by atoms with Crippen molar-refractivity contribution in [1.82, 2.24) is 4.90 Å². The largest absolute Gasteiger partial charge is 0.479 e. The van der Waals surface area contributed by atoms with Crippen LogP contribution >= 0.6 is 11.3 Å². The van der Waals surface area contributed by atoms with Crippen LogP contribution in [0.3, 0.4) is 0 Å². The molecule has 0 spiro atoms. The van der Waals surface area contributed by atoms with E-state index in [1.54, 1.807) is 23.3 Å². The number of carboxylic acid groups (broad SMARTS) is 1. The zero-order chi connectivity index (χ0) is 15.2. The number of aliphatic carboxylic acids is 1. The molecule has 1 fully saturated rings. The molecule has 6 nitrogen and oxygen atoms in total. The smallest absolute Gasteiger partial charge is 0.332 e. The Morgan fingerprint density at radius 2 is 2.24 bits per heavy atom. The Labute approximate surface area is 127 Å². The second-order valence-corrected chi connectivity index (χ2v) is 5.89. The zero-order valence-electron chi connectivity index (χ0n) is 11.9. The summed E-state index contributed by atoms with van der Waals surface area (Å²) >= 11 is 1.58. The van der Waals surface area contributed by atoms with Crippen LogP contribution in [0.5, 0.6) is 0 Å². The van der Waals surface area contributed by atoms with E-state index in [0.717, 1.165) is 4.88 Å². The Hall–Kier alpha value is -1.44. The predicted molar refractivity (Wildman–Crippen MR) is 77.1 cm³/mol. The maximum Gasteiger partial charge on any atom is 0.332 e. The van der Waals surface area contributed by atoms with Crippen molar-refractivity contribution < 1.29 is 24.2 Å².